The molecule has 0 fully saturated rings. The quantitative estimate of drug-likeness (QED) is 0.382. The van der Waals surface area contributed by atoms with Crippen LogP contribution < -0.4 is 10.6 Å². The molecule has 0 saturated heterocycles. The summed E-state index contributed by atoms with van der Waals surface area (Å²) in [5, 5.41) is 3.92. The molecule has 0 bridgehead atoms. The first-order valence-electron chi connectivity index (χ1n) is 9.00. The Morgan fingerprint density at radius 3 is 1.30 bits per heavy atom. The van der Waals surface area contributed by atoms with Crippen molar-refractivity contribution in [3.8, 4) is 0 Å². The Morgan fingerprint density at radius 2 is 0.852 bits per heavy atom. The maximum atomic E-state index is 14.9. The normalized spacial score (nSPS) is 11.9. The van der Waals surface area contributed by atoms with E-state index in [-0.39, 0.29) is 0 Å². The first kappa shape index (κ1) is 16.1. The van der Waals surface area contributed by atoms with Gasteiger partial charge in [-0.1, -0.05) is 72.8 Å². The zero-order valence-electron chi connectivity index (χ0n) is 14.7. The number of rotatable bonds is 3. The smallest absolute Gasteiger partial charge is 0.234 e. The van der Waals surface area contributed by atoms with E-state index in [1.165, 1.54) is 0 Å². The molecule has 5 aromatic rings. The molecule has 0 amide bonds. The molecule has 0 unspecified atom stereocenters. The van der Waals surface area contributed by atoms with Crippen LogP contribution in [0.25, 0.3) is 21.8 Å². The Morgan fingerprint density at radius 1 is 0.481 bits per heavy atom. The van der Waals surface area contributed by atoms with Crippen LogP contribution in [-0.4, -0.2) is 4.34 Å². The Hall–Kier alpha value is -3.09. The first-order chi connectivity index (χ1) is 13.3. The van der Waals surface area contributed by atoms with Gasteiger partial charge in [0.1, 0.15) is 0 Å². The maximum Gasteiger partial charge on any atom is 0.234 e. The lowest BCUT2D eigenvalue weighted by molar-refractivity contribution is 0.583. The zero-order valence-corrected chi connectivity index (χ0v) is 15.6. The van der Waals surface area contributed by atoms with Crippen molar-refractivity contribution < 1.29 is 4.57 Å². The zero-order chi connectivity index (χ0) is 18.3. The summed E-state index contributed by atoms with van der Waals surface area (Å²) in [6.45, 7) is 0. The minimum Gasteiger partial charge on any atom is -0.290 e. The van der Waals surface area contributed by atoms with Crippen molar-refractivity contribution in [2.75, 3.05) is 0 Å². The molecule has 0 spiro atoms. The molecule has 0 radical (unpaired) electrons. The van der Waals surface area contributed by atoms with E-state index >= 15 is 0 Å². The molecule has 2 nitrogen and oxygen atoms in total. The second kappa shape index (κ2) is 6.26. The van der Waals surface area contributed by atoms with Crippen LogP contribution in [0.3, 0.4) is 0 Å². The van der Waals surface area contributed by atoms with E-state index < -0.39 is 7.29 Å². The largest absolute Gasteiger partial charge is 0.290 e. The fourth-order valence-electron chi connectivity index (χ4n) is 3.85. The summed E-state index contributed by atoms with van der Waals surface area (Å²) in [5.41, 5.74) is 1.99. The average Bonchev–Trinajstić information content (AvgIpc) is 3.09. The summed E-state index contributed by atoms with van der Waals surface area (Å²) in [6, 6.07) is 36.1. The minimum atomic E-state index is -3.10. The van der Waals surface area contributed by atoms with Gasteiger partial charge in [-0.2, -0.15) is 0 Å². The van der Waals surface area contributed by atoms with Crippen molar-refractivity contribution >= 4 is 39.7 Å². The maximum absolute atomic E-state index is 14.9. The van der Waals surface area contributed by atoms with Crippen molar-refractivity contribution in [3.05, 3.63) is 109 Å². The van der Waals surface area contributed by atoms with Crippen LogP contribution in [-0.2, 0) is 4.57 Å². The molecule has 130 valence electrons. The van der Waals surface area contributed by atoms with Gasteiger partial charge in [-0.3, -0.25) is 8.90 Å². The molecule has 0 aliphatic rings. The minimum absolute atomic E-state index is 0.836. The predicted molar refractivity (Wildman–Crippen MR) is 115 cm³/mol. The molecule has 0 aliphatic heterocycles. The lowest BCUT2D eigenvalue weighted by atomic mass is 10.2. The van der Waals surface area contributed by atoms with Crippen LogP contribution >= 0.6 is 7.29 Å². The van der Waals surface area contributed by atoms with E-state index in [9.17, 15) is 4.57 Å². The van der Waals surface area contributed by atoms with E-state index in [0.717, 1.165) is 32.4 Å². The summed E-state index contributed by atoms with van der Waals surface area (Å²) in [6.07, 6.45) is 0. The molecule has 0 saturated carbocycles. The van der Waals surface area contributed by atoms with Gasteiger partial charge in [0, 0.05) is 21.4 Å². The molecule has 1 aromatic heterocycles. The van der Waals surface area contributed by atoms with Crippen LogP contribution in [0, 0.1) is 0 Å². The third kappa shape index (κ3) is 2.38. The van der Waals surface area contributed by atoms with Crippen molar-refractivity contribution in [2.24, 2.45) is 0 Å². The highest BCUT2D eigenvalue weighted by atomic mass is 31.2. The summed E-state index contributed by atoms with van der Waals surface area (Å²) in [5.74, 6) is 0. The van der Waals surface area contributed by atoms with Crippen molar-refractivity contribution in [3.63, 3.8) is 0 Å². The van der Waals surface area contributed by atoms with E-state index in [1.54, 1.807) is 0 Å². The number of fused-ring (bicyclic) bond motifs is 3. The van der Waals surface area contributed by atoms with Crippen LogP contribution in [0.2, 0.25) is 0 Å². The van der Waals surface area contributed by atoms with Gasteiger partial charge in [-0.25, -0.2) is 0 Å². The Balaban J connectivity index is 1.99. The highest BCUT2D eigenvalue weighted by molar-refractivity contribution is 7.77. The van der Waals surface area contributed by atoms with Gasteiger partial charge in [0.2, 0.25) is 7.29 Å². The second-order valence-corrected chi connectivity index (χ2v) is 9.18. The number of hydrogen-bond acceptors (Lipinski definition) is 1. The highest BCUT2D eigenvalue weighted by Crippen LogP contribution is 2.50. The molecule has 5 rings (SSSR count). The third-order valence-electron chi connectivity index (χ3n) is 5.05. The molecule has 3 heteroatoms. The fraction of sp³-hybridized carbons (Fsp3) is 0. The lowest BCUT2D eigenvalue weighted by Crippen LogP contribution is -2.21. The summed E-state index contributed by atoms with van der Waals surface area (Å²) >= 11 is 0. The van der Waals surface area contributed by atoms with E-state index in [4.69, 9.17) is 0 Å². The van der Waals surface area contributed by atoms with Gasteiger partial charge in [0.15, 0.2) is 0 Å². The molecule has 0 aliphatic carbocycles. The molecule has 0 N–H and O–H groups in total. The summed E-state index contributed by atoms with van der Waals surface area (Å²) in [4.78, 5) is 0. The number of nitrogens with zero attached hydrogens (tertiary/aromatic N) is 1. The van der Waals surface area contributed by atoms with Crippen molar-refractivity contribution in [1.29, 1.82) is 0 Å². The summed E-state index contributed by atoms with van der Waals surface area (Å²) in [7, 11) is -3.10. The lowest BCUT2D eigenvalue weighted by Gasteiger charge is -2.23. The van der Waals surface area contributed by atoms with Gasteiger partial charge >= 0.3 is 0 Å². The molecule has 1 heterocycles. The van der Waals surface area contributed by atoms with E-state index in [2.05, 4.69) is 28.6 Å². The molecular weight excluding hydrogens is 349 g/mol. The average molecular weight is 367 g/mol. The van der Waals surface area contributed by atoms with Crippen molar-refractivity contribution in [1.82, 2.24) is 4.34 Å². The molecular formula is C24H18NOP. The van der Waals surface area contributed by atoms with Crippen LogP contribution in [0.5, 0.6) is 0 Å². The topological polar surface area (TPSA) is 22.0 Å². The predicted octanol–water partition coefficient (Wildman–Crippen LogP) is 5.57. The van der Waals surface area contributed by atoms with Gasteiger partial charge < -0.3 is 0 Å². The fourth-order valence-corrected chi connectivity index (χ4v) is 6.71. The van der Waals surface area contributed by atoms with Gasteiger partial charge in [0.05, 0.1) is 11.0 Å². The Kier molecular flexibility index (Phi) is 3.74. The van der Waals surface area contributed by atoms with Crippen LogP contribution in [0.1, 0.15) is 0 Å². The first-order valence-corrected chi connectivity index (χ1v) is 10.7. The van der Waals surface area contributed by atoms with E-state index in [0.29, 0.717) is 0 Å². The number of hydrogen-bond donors (Lipinski definition) is 0. The van der Waals surface area contributed by atoms with Crippen LogP contribution in [0.15, 0.2) is 109 Å². The highest BCUT2D eigenvalue weighted by Gasteiger charge is 2.32. The molecule has 0 atom stereocenters. The number of benzene rings is 4. The Bertz CT molecular complexity index is 1190. The van der Waals surface area contributed by atoms with Crippen LogP contribution in [0.4, 0.5) is 0 Å². The van der Waals surface area contributed by atoms with Crippen molar-refractivity contribution in [2.45, 2.75) is 0 Å². The van der Waals surface area contributed by atoms with Gasteiger partial charge in [-0.15, -0.1) is 0 Å². The second-order valence-electron chi connectivity index (χ2n) is 6.59. The number of para-hydroxylation sites is 2. The monoisotopic (exact) mass is 367 g/mol. The molecule has 4 aromatic carbocycles. The van der Waals surface area contributed by atoms with Gasteiger partial charge in [0.25, 0.3) is 0 Å². The number of aromatic nitrogens is 1. The Labute approximate surface area is 158 Å². The third-order valence-corrected chi connectivity index (χ3v) is 8.04. The standard InChI is InChI=1S/C24H18NOP/c26-27(19-11-3-1-4-12-19,20-13-5-2-6-14-20)25-23-17-9-7-15-21(23)22-16-8-10-18-24(22)25/h1-18H. The van der Waals surface area contributed by atoms with E-state index in [1.807, 2.05) is 84.9 Å². The SMILES string of the molecule is O=P(c1ccccc1)(c1ccccc1)n1c2ccccc2c2ccccc21. The van der Waals surface area contributed by atoms with Gasteiger partial charge in [-0.05, 0) is 36.4 Å². The summed E-state index contributed by atoms with van der Waals surface area (Å²) < 4.78 is 16.9. The molecule has 27 heavy (non-hydrogen) atoms.